The second-order valence-electron chi connectivity index (χ2n) is 4.78. The van der Waals surface area contributed by atoms with Gasteiger partial charge in [0.25, 0.3) is 0 Å². The first-order chi connectivity index (χ1) is 6.28. The van der Waals surface area contributed by atoms with Gasteiger partial charge in [-0.05, 0) is 19.3 Å². The predicted octanol–water partition coefficient (Wildman–Crippen LogP) is 0.868. The Bertz CT molecular complexity index is 271. The van der Waals surface area contributed by atoms with Crippen LogP contribution < -0.4 is 5.32 Å². The maximum absolute atomic E-state index is 11.6. The smallest absolute Gasteiger partial charge is 0.307 e. The molecule has 0 saturated heterocycles. The van der Waals surface area contributed by atoms with Crippen molar-refractivity contribution in [1.82, 2.24) is 5.32 Å². The number of rotatable bonds is 3. The first kappa shape index (κ1) is 11.0. The highest BCUT2D eigenvalue weighted by molar-refractivity contribution is 5.91. The summed E-state index contributed by atoms with van der Waals surface area (Å²) in [5.41, 5.74) is -0.398. The summed E-state index contributed by atoms with van der Waals surface area (Å²) in [6, 6.07) is 0.0633. The molecule has 1 aliphatic rings. The molecule has 0 aromatic rings. The van der Waals surface area contributed by atoms with Crippen molar-refractivity contribution >= 4 is 11.9 Å². The largest absolute Gasteiger partial charge is 0.481 e. The van der Waals surface area contributed by atoms with E-state index in [0.29, 0.717) is 0 Å². The summed E-state index contributed by atoms with van der Waals surface area (Å²) < 4.78 is 0. The molecule has 1 fully saturated rings. The molecule has 4 nitrogen and oxygen atoms in total. The zero-order valence-electron chi connectivity index (χ0n) is 9.00. The standard InChI is InChI=1S/C10H17NO3/c1-5(2)11-8(12)6-7(9(13)14)10(6,3)4/h5-7H,1-4H3,(H,11,12)(H,13,14). The van der Waals surface area contributed by atoms with Gasteiger partial charge in [0.15, 0.2) is 0 Å². The van der Waals surface area contributed by atoms with Crippen LogP contribution in [0.5, 0.6) is 0 Å². The number of amides is 1. The molecule has 0 aromatic heterocycles. The van der Waals surface area contributed by atoms with Crippen molar-refractivity contribution in [1.29, 1.82) is 0 Å². The number of nitrogens with one attached hydrogen (secondary N) is 1. The quantitative estimate of drug-likeness (QED) is 0.708. The van der Waals surface area contributed by atoms with E-state index >= 15 is 0 Å². The van der Waals surface area contributed by atoms with Gasteiger partial charge < -0.3 is 10.4 Å². The maximum Gasteiger partial charge on any atom is 0.307 e. The van der Waals surface area contributed by atoms with E-state index < -0.39 is 17.3 Å². The molecule has 2 unspecified atom stereocenters. The Labute approximate surface area is 83.7 Å². The summed E-state index contributed by atoms with van der Waals surface area (Å²) in [5.74, 6) is -1.92. The van der Waals surface area contributed by atoms with E-state index in [-0.39, 0.29) is 17.9 Å². The molecule has 1 aliphatic carbocycles. The zero-order valence-corrected chi connectivity index (χ0v) is 9.00. The van der Waals surface area contributed by atoms with Gasteiger partial charge >= 0.3 is 5.97 Å². The number of carbonyl (C=O) groups is 2. The Hall–Kier alpha value is -1.06. The van der Waals surface area contributed by atoms with E-state index in [0.717, 1.165) is 0 Å². The molecule has 1 amide bonds. The molecule has 0 aromatic carbocycles. The molecule has 2 N–H and O–H groups in total. The Morgan fingerprint density at radius 3 is 2.07 bits per heavy atom. The van der Waals surface area contributed by atoms with Gasteiger partial charge in [-0.2, -0.15) is 0 Å². The van der Waals surface area contributed by atoms with E-state index in [2.05, 4.69) is 5.32 Å². The molecule has 0 heterocycles. The Morgan fingerprint density at radius 2 is 1.79 bits per heavy atom. The summed E-state index contributed by atoms with van der Waals surface area (Å²) in [6.45, 7) is 7.36. The lowest BCUT2D eigenvalue weighted by atomic mass is 10.1. The Kier molecular flexibility index (Phi) is 2.56. The average molecular weight is 199 g/mol. The molecular formula is C10H17NO3. The molecule has 4 heteroatoms. The van der Waals surface area contributed by atoms with Crippen LogP contribution in [0, 0.1) is 17.3 Å². The second-order valence-corrected chi connectivity index (χ2v) is 4.78. The van der Waals surface area contributed by atoms with Crippen LogP contribution in [0.4, 0.5) is 0 Å². The van der Waals surface area contributed by atoms with E-state index in [1.54, 1.807) is 0 Å². The molecule has 14 heavy (non-hydrogen) atoms. The van der Waals surface area contributed by atoms with Crippen molar-refractivity contribution in [2.45, 2.75) is 33.7 Å². The zero-order chi connectivity index (χ0) is 11.1. The first-order valence-electron chi connectivity index (χ1n) is 4.81. The minimum atomic E-state index is -0.876. The number of carboxylic acids is 1. The molecule has 1 saturated carbocycles. The van der Waals surface area contributed by atoms with E-state index in [1.165, 1.54) is 0 Å². The van der Waals surface area contributed by atoms with Crippen LogP contribution in [0.25, 0.3) is 0 Å². The van der Waals surface area contributed by atoms with Crippen LogP contribution in [-0.2, 0) is 9.59 Å². The summed E-state index contributed by atoms with van der Waals surface area (Å²) in [6.07, 6.45) is 0. The molecule has 80 valence electrons. The molecule has 0 spiro atoms. The second kappa shape index (κ2) is 3.26. The average Bonchev–Trinajstić information content (AvgIpc) is 2.51. The fourth-order valence-corrected chi connectivity index (χ4v) is 1.96. The fourth-order valence-electron chi connectivity index (χ4n) is 1.96. The number of carboxylic acid groups (broad SMARTS) is 1. The number of aliphatic carboxylic acids is 1. The molecule has 0 radical (unpaired) electrons. The van der Waals surface area contributed by atoms with E-state index in [9.17, 15) is 9.59 Å². The first-order valence-corrected chi connectivity index (χ1v) is 4.81. The van der Waals surface area contributed by atoms with Gasteiger partial charge in [0.1, 0.15) is 0 Å². The van der Waals surface area contributed by atoms with Gasteiger partial charge in [-0.15, -0.1) is 0 Å². The number of carbonyl (C=O) groups excluding carboxylic acids is 1. The topological polar surface area (TPSA) is 66.4 Å². The normalized spacial score (nSPS) is 28.6. The van der Waals surface area contributed by atoms with Crippen LogP contribution in [0.1, 0.15) is 27.7 Å². The monoisotopic (exact) mass is 199 g/mol. The molecule has 2 atom stereocenters. The SMILES string of the molecule is CC(C)NC(=O)C1C(C(=O)O)C1(C)C. The number of hydrogen-bond donors (Lipinski definition) is 2. The highest BCUT2D eigenvalue weighted by Crippen LogP contribution is 2.58. The summed E-state index contributed by atoms with van der Waals surface area (Å²) in [7, 11) is 0. The van der Waals surface area contributed by atoms with Gasteiger partial charge in [-0.1, -0.05) is 13.8 Å². The van der Waals surface area contributed by atoms with E-state index in [1.807, 2.05) is 27.7 Å². The van der Waals surface area contributed by atoms with Crippen LogP contribution in [0.15, 0.2) is 0 Å². The van der Waals surface area contributed by atoms with Crippen LogP contribution in [0.3, 0.4) is 0 Å². The Balaban J connectivity index is 2.64. The number of hydrogen-bond acceptors (Lipinski definition) is 2. The third-order valence-electron chi connectivity index (χ3n) is 2.81. The van der Waals surface area contributed by atoms with Crippen LogP contribution in [0.2, 0.25) is 0 Å². The van der Waals surface area contributed by atoms with Crippen molar-refractivity contribution < 1.29 is 14.7 Å². The molecular weight excluding hydrogens is 182 g/mol. The highest BCUT2D eigenvalue weighted by Gasteiger charge is 2.65. The predicted molar refractivity (Wildman–Crippen MR) is 51.7 cm³/mol. The van der Waals surface area contributed by atoms with Crippen molar-refractivity contribution in [2.24, 2.45) is 17.3 Å². The van der Waals surface area contributed by atoms with Gasteiger partial charge in [-0.25, -0.2) is 0 Å². The van der Waals surface area contributed by atoms with Crippen molar-refractivity contribution in [3.05, 3.63) is 0 Å². The third-order valence-corrected chi connectivity index (χ3v) is 2.81. The molecule has 1 rings (SSSR count). The van der Waals surface area contributed by atoms with Crippen LogP contribution >= 0.6 is 0 Å². The molecule has 0 aliphatic heterocycles. The van der Waals surface area contributed by atoms with E-state index in [4.69, 9.17) is 5.11 Å². The van der Waals surface area contributed by atoms with Crippen molar-refractivity contribution in [3.8, 4) is 0 Å². The van der Waals surface area contributed by atoms with Gasteiger partial charge in [0.05, 0.1) is 11.8 Å². The lowest BCUT2D eigenvalue weighted by molar-refractivity contribution is -0.140. The molecule has 0 bridgehead atoms. The minimum absolute atomic E-state index is 0.0633. The lowest BCUT2D eigenvalue weighted by Crippen LogP contribution is -2.33. The summed E-state index contributed by atoms with van der Waals surface area (Å²) in [4.78, 5) is 22.4. The van der Waals surface area contributed by atoms with Crippen molar-refractivity contribution in [3.63, 3.8) is 0 Å². The maximum atomic E-state index is 11.6. The van der Waals surface area contributed by atoms with Crippen LogP contribution in [-0.4, -0.2) is 23.0 Å². The summed E-state index contributed by atoms with van der Waals surface area (Å²) >= 11 is 0. The third kappa shape index (κ3) is 1.74. The van der Waals surface area contributed by atoms with Gasteiger partial charge in [-0.3, -0.25) is 9.59 Å². The van der Waals surface area contributed by atoms with Crippen molar-refractivity contribution in [2.75, 3.05) is 0 Å². The fraction of sp³-hybridized carbons (Fsp3) is 0.800. The Morgan fingerprint density at radius 1 is 1.29 bits per heavy atom. The highest BCUT2D eigenvalue weighted by atomic mass is 16.4. The van der Waals surface area contributed by atoms with Gasteiger partial charge in [0.2, 0.25) is 5.91 Å². The van der Waals surface area contributed by atoms with Gasteiger partial charge in [0, 0.05) is 6.04 Å². The minimum Gasteiger partial charge on any atom is -0.481 e. The lowest BCUT2D eigenvalue weighted by Gasteiger charge is -2.08. The summed E-state index contributed by atoms with van der Waals surface area (Å²) in [5, 5.41) is 11.6.